The van der Waals surface area contributed by atoms with Gasteiger partial charge in [-0.2, -0.15) is 0 Å². The molecule has 0 spiro atoms. The number of rotatable bonds is 8. The van der Waals surface area contributed by atoms with Crippen molar-refractivity contribution in [3.05, 3.63) is 40.1 Å². The first-order valence-corrected chi connectivity index (χ1v) is 8.33. The van der Waals surface area contributed by atoms with Crippen LogP contribution in [0.5, 0.6) is 5.75 Å². The lowest BCUT2D eigenvalue weighted by Crippen LogP contribution is -2.24. The minimum Gasteiger partial charge on any atom is -0.492 e. The first kappa shape index (κ1) is 15.9. The molecule has 0 saturated heterocycles. The third-order valence-electron chi connectivity index (χ3n) is 3.17. The zero-order valence-electron chi connectivity index (χ0n) is 12.9. The van der Waals surface area contributed by atoms with Crippen molar-refractivity contribution in [2.24, 2.45) is 0 Å². The van der Waals surface area contributed by atoms with E-state index >= 15 is 0 Å². The highest BCUT2D eigenvalue weighted by atomic mass is 32.1. The molecule has 0 aliphatic heterocycles. The van der Waals surface area contributed by atoms with Gasteiger partial charge in [-0.25, -0.2) is 4.98 Å². The van der Waals surface area contributed by atoms with Crippen LogP contribution in [0.25, 0.3) is 0 Å². The Labute approximate surface area is 130 Å². The van der Waals surface area contributed by atoms with Crippen LogP contribution in [0.4, 0.5) is 0 Å². The number of thiazole rings is 1. The monoisotopic (exact) mass is 305 g/mol. The Kier molecular flexibility index (Phi) is 6.14. The SMILES string of the molecule is CCCNC(Cc1csc(C)n1)c1cncc(OCC)c1. The summed E-state index contributed by atoms with van der Waals surface area (Å²) in [6.45, 7) is 7.83. The summed E-state index contributed by atoms with van der Waals surface area (Å²) in [5.41, 5.74) is 2.29. The molecule has 1 atom stereocenters. The predicted molar refractivity (Wildman–Crippen MR) is 87.0 cm³/mol. The standard InChI is InChI=1S/C16H23N3OS/c1-4-6-18-16(8-14-11-21-12(3)19-14)13-7-15(20-5-2)10-17-9-13/h7,9-11,16,18H,4-6,8H2,1-3H3. The van der Waals surface area contributed by atoms with Gasteiger partial charge in [0.15, 0.2) is 0 Å². The lowest BCUT2D eigenvalue weighted by atomic mass is 10.0. The third-order valence-corrected chi connectivity index (χ3v) is 3.99. The zero-order valence-corrected chi connectivity index (χ0v) is 13.7. The van der Waals surface area contributed by atoms with Gasteiger partial charge in [0.25, 0.3) is 0 Å². The summed E-state index contributed by atoms with van der Waals surface area (Å²) in [6.07, 6.45) is 5.65. The van der Waals surface area contributed by atoms with E-state index in [1.165, 1.54) is 0 Å². The Morgan fingerprint density at radius 1 is 1.33 bits per heavy atom. The molecule has 0 bridgehead atoms. The van der Waals surface area contributed by atoms with Crippen molar-refractivity contribution in [1.29, 1.82) is 0 Å². The molecule has 0 fully saturated rings. The van der Waals surface area contributed by atoms with Crippen molar-refractivity contribution in [2.45, 2.75) is 39.7 Å². The number of ether oxygens (including phenoxy) is 1. The summed E-state index contributed by atoms with van der Waals surface area (Å²) in [5.74, 6) is 0.827. The maximum Gasteiger partial charge on any atom is 0.137 e. The number of hydrogen-bond acceptors (Lipinski definition) is 5. The lowest BCUT2D eigenvalue weighted by Gasteiger charge is -2.18. The van der Waals surface area contributed by atoms with Crippen molar-refractivity contribution >= 4 is 11.3 Å². The van der Waals surface area contributed by atoms with E-state index in [0.717, 1.165) is 41.4 Å². The minimum absolute atomic E-state index is 0.222. The van der Waals surface area contributed by atoms with Crippen LogP contribution < -0.4 is 10.1 Å². The van der Waals surface area contributed by atoms with Gasteiger partial charge in [-0.1, -0.05) is 6.92 Å². The number of aryl methyl sites for hydroxylation is 1. The second kappa shape index (κ2) is 8.10. The molecule has 0 radical (unpaired) electrons. The van der Waals surface area contributed by atoms with Gasteiger partial charge in [-0.3, -0.25) is 4.98 Å². The molecule has 0 aliphatic carbocycles. The average molecular weight is 305 g/mol. The molecule has 2 aromatic heterocycles. The van der Waals surface area contributed by atoms with E-state index in [1.807, 2.05) is 20.0 Å². The molecule has 1 N–H and O–H groups in total. The van der Waals surface area contributed by atoms with Crippen LogP contribution >= 0.6 is 11.3 Å². The highest BCUT2D eigenvalue weighted by Crippen LogP contribution is 2.22. The Morgan fingerprint density at radius 3 is 2.86 bits per heavy atom. The van der Waals surface area contributed by atoms with Crippen LogP contribution in [-0.2, 0) is 6.42 Å². The highest BCUT2D eigenvalue weighted by Gasteiger charge is 2.14. The molecule has 1 unspecified atom stereocenters. The van der Waals surface area contributed by atoms with E-state index in [4.69, 9.17) is 4.74 Å². The number of aromatic nitrogens is 2. The smallest absolute Gasteiger partial charge is 0.137 e. The number of nitrogens with one attached hydrogen (secondary N) is 1. The maximum absolute atomic E-state index is 5.55. The first-order valence-electron chi connectivity index (χ1n) is 7.45. The van der Waals surface area contributed by atoms with Crippen molar-refractivity contribution in [2.75, 3.05) is 13.2 Å². The zero-order chi connectivity index (χ0) is 15.1. The third kappa shape index (κ3) is 4.79. The molecular formula is C16H23N3OS. The second-order valence-corrected chi connectivity index (χ2v) is 6.02. The molecule has 114 valence electrons. The van der Waals surface area contributed by atoms with E-state index in [2.05, 4.69) is 33.7 Å². The summed E-state index contributed by atoms with van der Waals surface area (Å²) in [5, 5.41) is 6.83. The van der Waals surface area contributed by atoms with Gasteiger partial charge in [-0.05, 0) is 38.4 Å². The van der Waals surface area contributed by atoms with Crippen molar-refractivity contribution < 1.29 is 4.74 Å². The van der Waals surface area contributed by atoms with Gasteiger partial charge in [0.05, 0.1) is 23.5 Å². The second-order valence-electron chi connectivity index (χ2n) is 4.96. The maximum atomic E-state index is 5.55. The van der Waals surface area contributed by atoms with Crippen LogP contribution in [0.15, 0.2) is 23.8 Å². The largest absolute Gasteiger partial charge is 0.492 e. The van der Waals surface area contributed by atoms with E-state index in [0.29, 0.717) is 6.61 Å². The molecule has 2 heterocycles. The topological polar surface area (TPSA) is 47.0 Å². The molecular weight excluding hydrogens is 282 g/mol. The molecule has 0 aromatic carbocycles. The molecule has 4 nitrogen and oxygen atoms in total. The Bertz CT molecular complexity index is 556. The molecule has 21 heavy (non-hydrogen) atoms. The molecule has 0 saturated carbocycles. The average Bonchev–Trinajstić information content (AvgIpc) is 2.89. The Balaban J connectivity index is 2.16. The first-order chi connectivity index (χ1) is 10.2. The van der Waals surface area contributed by atoms with Crippen LogP contribution in [-0.4, -0.2) is 23.1 Å². The molecule has 0 amide bonds. The van der Waals surface area contributed by atoms with Crippen LogP contribution in [0.2, 0.25) is 0 Å². The molecule has 0 aliphatic rings. The van der Waals surface area contributed by atoms with Crippen molar-refractivity contribution in [1.82, 2.24) is 15.3 Å². The Hall–Kier alpha value is -1.46. The summed E-state index contributed by atoms with van der Waals surface area (Å²) in [6, 6.07) is 2.29. The summed E-state index contributed by atoms with van der Waals surface area (Å²) in [7, 11) is 0. The Morgan fingerprint density at radius 2 is 2.19 bits per heavy atom. The summed E-state index contributed by atoms with van der Waals surface area (Å²) in [4.78, 5) is 8.87. The molecule has 5 heteroatoms. The van der Waals surface area contributed by atoms with E-state index in [1.54, 1.807) is 17.5 Å². The number of pyridine rings is 1. The van der Waals surface area contributed by atoms with Crippen molar-refractivity contribution in [3.8, 4) is 5.75 Å². The number of hydrogen-bond donors (Lipinski definition) is 1. The summed E-state index contributed by atoms with van der Waals surface area (Å²) < 4.78 is 5.55. The fraction of sp³-hybridized carbons (Fsp3) is 0.500. The summed E-state index contributed by atoms with van der Waals surface area (Å²) >= 11 is 1.70. The van der Waals surface area contributed by atoms with Gasteiger partial charge < -0.3 is 10.1 Å². The van der Waals surface area contributed by atoms with Crippen LogP contribution in [0.1, 0.15) is 42.6 Å². The van der Waals surface area contributed by atoms with E-state index in [9.17, 15) is 0 Å². The van der Waals surface area contributed by atoms with E-state index in [-0.39, 0.29) is 6.04 Å². The van der Waals surface area contributed by atoms with Gasteiger partial charge in [0, 0.05) is 24.0 Å². The minimum atomic E-state index is 0.222. The van der Waals surface area contributed by atoms with Crippen LogP contribution in [0, 0.1) is 6.92 Å². The predicted octanol–water partition coefficient (Wildman–Crippen LogP) is 3.53. The highest BCUT2D eigenvalue weighted by molar-refractivity contribution is 7.09. The van der Waals surface area contributed by atoms with Gasteiger partial charge >= 0.3 is 0 Å². The number of nitrogens with zero attached hydrogens (tertiary/aromatic N) is 2. The fourth-order valence-electron chi connectivity index (χ4n) is 2.21. The molecule has 2 rings (SSSR count). The van der Waals surface area contributed by atoms with Crippen molar-refractivity contribution in [3.63, 3.8) is 0 Å². The van der Waals surface area contributed by atoms with E-state index < -0.39 is 0 Å². The van der Waals surface area contributed by atoms with Gasteiger partial charge in [0.1, 0.15) is 5.75 Å². The molecule has 2 aromatic rings. The fourth-order valence-corrected chi connectivity index (χ4v) is 2.83. The van der Waals surface area contributed by atoms with Crippen LogP contribution in [0.3, 0.4) is 0 Å². The lowest BCUT2D eigenvalue weighted by molar-refractivity contribution is 0.337. The quantitative estimate of drug-likeness (QED) is 0.810. The normalized spacial score (nSPS) is 12.3. The van der Waals surface area contributed by atoms with Gasteiger partial charge in [0.2, 0.25) is 0 Å². The van der Waals surface area contributed by atoms with Gasteiger partial charge in [-0.15, -0.1) is 11.3 Å².